The zero-order valence-corrected chi connectivity index (χ0v) is 25.0. The van der Waals surface area contributed by atoms with Crippen molar-refractivity contribution < 1.29 is 23.8 Å². The van der Waals surface area contributed by atoms with Crippen LogP contribution in [0.1, 0.15) is 68.1 Å². The van der Waals surface area contributed by atoms with Gasteiger partial charge in [0.1, 0.15) is 30.0 Å². The van der Waals surface area contributed by atoms with Gasteiger partial charge >= 0.3 is 12.1 Å². The molecule has 1 N–H and O–H groups in total. The van der Waals surface area contributed by atoms with Crippen molar-refractivity contribution in [2.45, 2.75) is 65.2 Å². The summed E-state index contributed by atoms with van der Waals surface area (Å²) in [6, 6.07) is 17.9. The average Bonchev–Trinajstić information content (AvgIpc) is 3.77. The van der Waals surface area contributed by atoms with E-state index in [1.165, 1.54) is 29.4 Å². The van der Waals surface area contributed by atoms with Gasteiger partial charge in [0.05, 0.1) is 18.8 Å². The van der Waals surface area contributed by atoms with Gasteiger partial charge in [-0.25, -0.2) is 19.6 Å². The molecule has 10 heteroatoms. The van der Waals surface area contributed by atoms with E-state index in [1.807, 2.05) is 24.3 Å². The maximum Gasteiger partial charge on any atom is 0.407 e. The summed E-state index contributed by atoms with van der Waals surface area (Å²) in [5.41, 5.74) is 4.47. The van der Waals surface area contributed by atoms with Crippen molar-refractivity contribution in [3.63, 3.8) is 0 Å². The number of benzene rings is 2. The molecule has 1 amide bonds. The molecule has 10 nitrogen and oxygen atoms in total. The fraction of sp³-hybridized carbons (Fsp3) is 0.364. The number of esters is 1. The van der Waals surface area contributed by atoms with Crippen LogP contribution in [0.5, 0.6) is 5.75 Å². The first kappa shape index (κ1) is 29.8. The molecule has 0 radical (unpaired) electrons. The van der Waals surface area contributed by atoms with Crippen molar-refractivity contribution in [3.8, 4) is 28.3 Å². The lowest BCUT2D eigenvalue weighted by Gasteiger charge is -2.19. The highest BCUT2D eigenvalue weighted by molar-refractivity contribution is 6.00. The molecule has 2 aromatic heterocycles. The third-order valence-corrected chi connectivity index (χ3v) is 6.81. The lowest BCUT2D eigenvalue weighted by molar-refractivity contribution is 0.0513. The van der Waals surface area contributed by atoms with E-state index < -0.39 is 17.7 Å². The van der Waals surface area contributed by atoms with E-state index in [-0.39, 0.29) is 25.4 Å². The van der Waals surface area contributed by atoms with Crippen LogP contribution in [0, 0.1) is 0 Å². The van der Waals surface area contributed by atoms with Crippen molar-refractivity contribution >= 4 is 12.1 Å². The molecule has 4 aromatic rings. The van der Waals surface area contributed by atoms with Crippen molar-refractivity contribution in [1.29, 1.82) is 0 Å². The van der Waals surface area contributed by atoms with Gasteiger partial charge in [0.2, 0.25) is 0 Å². The Hall–Kier alpha value is -4.73. The van der Waals surface area contributed by atoms with Gasteiger partial charge < -0.3 is 19.5 Å². The van der Waals surface area contributed by atoms with Crippen LogP contribution < -0.4 is 10.1 Å². The first-order valence-electron chi connectivity index (χ1n) is 14.5. The molecule has 0 atom stereocenters. The fourth-order valence-electron chi connectivity index (χ4n) is 4.68. The van der Waals surface area contributed by atoms with Gasteiger partial charge in [-0.3, -0.25) is 4.68 Å². The van der Waals surface area contributed by atoms with Crippen LogP contribution >= 0.6 is 0 Å². The summed E-state index contributed by atoms with van der Waals surface area (Å²) in [5.74, 6) is 0.891. The lowest BCUT2D eigenvalue weighted by atomic mass is 10.0. The normalized spacial score (nSPS) is 12.9. The van der Waals surface area contributed by atoms with E-state index in [1.54, 1.807) is 40.0 Å². The SMILES string of the molecule is CCOC(=O)c1c(-c2ccc(OCc3ccc(C4CC4)cc3)cc2)c(-c2ccncn2)nn1CCNC(=O)OC(C)(C)C. The minimum atomic E-state index is -0.629. The predicted octanol–water partition coefficient (Wildman–Crippen LogP) is 6.16. The Morgan fingerprint density at radius 2 is 1.77 bits per heavy atom. The molecule has 2 heterocycles. The third kappa shape index (κ3) is 7.77. The smallest absolute Gasteiger partial charge is 0.407 e. The molecule has 0 unspecified atom stereocenters. The fourth-order valence-corrected chi connectivity index (χ4v) is 4.68. The number of amides is 1. The molecular formula is C33H37N5O5. The summed E-state index contributed by atoms with van der Waals surface area (Å²) < 4.78 is 18.4. The molecule has 0 bridgehead atoms. The number of carbonyl (C=O) groups is 2. The number of nitrogens with one attached hydrogen (secondary N) is 1. The molecule has 1 saturated carbocycles. The Morgan fingerprint density at radius 1 is 1.02 bits per heavy atom. The summed E-state index contributed by atoms with van der Waals surface area (Å²) in [6.45, 7) is 8.15. The molecule has 43 heavy (non-hydrogen) atoms. The Labute approximate surface area is 251 Å². The van der Waals surface area contributed by atoms with E-state index in [0.717, 1.165) is 17.0 Å². The van der Waals surface area contributed by atoms with Crippen molar-refractivity contribution in [1.82, 2.24) is 25.1 Å². The molecule has 224 valence electrons. The summed E-state index contributed by atoms with van der Waals surface area (Å²) in [6.07, 6.45) is 5.05. The number of hydrogen-bond acceptors (Lipinski definition) is 8. The molecule has 5 rings (SSSR count). The van der Waals surface area contributed by atoms with Crippen LogP contribution in [-0.4, -0.2) is 50.6 Å². The minimum Gasteiger partial charge on any atom is -0.489 e. The second kappa shape index (κ2) is 13.1. The second-order valence-corrected chi connectivity index (χ2v) is 11.4. The Balaban J connectivity index is 1.41. The minimum absolute atomic E-state index is 0.181. The van der Waals surface area contributed by atoms with Gasteiger partial charge in [-0.1, -0.05) is 36.4 Å². The topological polar surface area (TPSA) is 117 Å². The van der Waals surface area contributed by atoms with Crippen molar-refractivity contribution in [3.05, 3.63) is 83.9 Å². The summed E-state index contributed by atoms with van der Waals surface area (Å²) >= 11 is 0. The zero-order valence-electron chi connectivity index (χ0n) is 25.0. The van der Waals surface area contributed by atoms with Gasteiger partial charge in [-0.15, -0.1) is 0 Å². The van der Waals surface area contributed by atoms with Gasteiger partial charge in [-0.2, -0.15) is 5.10 Å². The highest BCUT2D eigenvalue weighted by Gasteiger charge is 2.28. The van der Waals surface area contributed by atoms with E-state index in [4.69, 9.17) is 19.3 Å². The highest BCUT2D eigenvalue weighted by Crippen LogP contribution is 2.40. The highest BCUT2D eigenvalue weighted by atomic mass is 16.6. The number of carbonyl (C=O) groups excluding carboxylic acids is 2. The second-order valence-electron chi connectivity index (χ2n) is 11.4. The number of nitrogens with zero attached hydrogens (tertiary/aromatic N) is 4. The standard InChI is InChI=1S/C33H37N5O5/c1-5-41-31(39)30-28(25-12-14-26(15-13-25)42-20-22-6-8-23(9-7-22)24-10-11-24)29(27-16-17-34-21-36-27)37-38(30)19-18-35-32(40)43-33(2,3)4/h6-9,12-17,21,24H,5,10-11,18-20H2,1-4H3,(H,35,40). The molecule has 1 aliphatic carbocycles. The van der Waals surface area contributed by atoms with Crippen LogP contribution in [0.4, 0.5) is 4.79 Å². The van der Waals surface area contributed by atoms with Gasteiger partial charge in [0.25, 0.3) is 0 Å². The summed E-state index contributed by atoms with van der Waals surface area (Å²) in [7, 11) is 0. The maximum absolute atomic E-state index is 13.3. The number of ether oxygens (including phenoxy) is 3. The van der Waals surface area contributed by atoms with Crippen molar-refractivity contribution in [2.75, 3.05) is 13.2 Å². The Kier molecular flexibility index (Phi) is 9.04. The van der Waals surface area contributed by atoms with E-state index in [2.05, 4.69) is 39.6 Å². The Morgan fingerprint density at radius 3 is 2.40 bits per heavy atom. The lowest BCUT2D eigenvalue weighted by Crippen LogP contribution is -2.34. The van der Waals surface area contributed by atoms with Gasteiger partial charge in [0, 0.05) is 18.3 Å². The molecule has 1 aliphatic rings. The molecule has 0 spiro atoms. The van der Waals surface area contributed by atoms with Crippen LogP contribution in [-0.2, 0) is 22.6 Å². The van der Waals surface area contributed by atoms with E-state index in [0.29, 0.717) is 29.3 Å². The van der Waals surface area contributed by atoms with E-state index in [9.17, 15) is 9.59 Å². The van der Waals surface area contributed by atoms with Gasteiger partial charge in [-0.05, 0) is 81.3 Å². The molecule has 2 aromatic carbocycles. The van der Waals surface area contributed by atoms with Crippen LogP contribution in [0.15, 0.2) is 67.1 Å². The largest absolute Gasteiger partial charge is 0.489 e. The maximum atomic E-state index is 13.3. The number of alkyl carbamates (subject to hydrolysis) is 1. The Bertz CT molecular complexity index is 1540. The van der Waals surface area contributed by atoms with Crippen LogP contribution in [0.3, 0.4) is 0 Å². The van der Waals surface area contributed by atoms with Crippen LogP contribution in [0.25, 0.3) is 22.5 Å². The number of aromatic nitrogens is 4. The summed E-state index contributed by atoms with van der Waals surface area (Å²) in [5, 5.41) is 7.48. The quantitative estimate of drug-likeness (QED) is 0.209. The first-order chi connectivity index (χ1) is 20.7. The van der Waals surface area contributed by atoms with Crippen molar-refractivity contribution in [2.24, 2.45) is 0 Å². The molecule has 0 saturated heterocycles. The number of hydrogen-bond donors (Lipinski definition) is 1. The molecule has 0 aliphatic heterocycles. The molecular weight excluding hydrogens is 546 g/mol. The number of rotatable bonds is 11. The zero-order chi connectivity index (χ0) is 30.4. The third-order valence-electron chi connectivity index (χ3n) is 6.81. The predicted molar refractivity (Wildman–Crippen MR) is 162 cm³/mol. The summed E-state index contributed by atoms with van der Waals surface area (Å²) in [4.78, 5) is 34.0. The molecule has 1 fully saturated rings. The average molecular weight is 584 g/mol. The van der Waals surface area contributed by atoms with E-state index >= 15 is 0 Å². The van der Waals surface area contributed by atoms with Crippen LogP contribution in [0.2, 0.25) is 0 Å². The first-order valence-corrected chi connectivity index (χ1v) is 14.5. The van der Waals surface area contributed by atoms with Gasteiger partial charge in [0.15, 0.2) is 5.69 Å². The monoisotopic (exact) mass is 583 g/mol.